The molecule has 5 heteroatoms. The molecule has 4 nitrogen and oxygen atoms in total. The number of thiazole rings is 1. The molecule has 1 amide bonds. The highest BCUT2D eigenvalue weighted by molar-refractivity contribution is 7.11. The minimum absolute atomic E-state index is 0.140. The molecule has 0 radical (unpaired) electrons. The molecule has 1 saturated heterocycles. The Morgan fingerprint density at radius 3 is 2.55 bits per heavy atom. The lowest BCUT2D eigenvalue weighted by Crippen LogP contribution is -2.45. The van der Waals surface area contributed by atoms with Gasteiger partial charge in [0.2, 0.25) is 0 Å². The van der Waals surface area contributed by atoms with E-state index in [9.17, 15) is 4.79 Å². The van der Waals surface area contributed by atoms with E-state index in [0.29, 0.717) is 6.04 Å². The zero-order valence-electron chi connectivity index (χ0n) is 13.0. The lowest BCUT2D eigenvalue weighted by molar-refractivity contribution is 0.0717. The van der Waals surface area contributed by atoms with Crippen molar-refractivity contribution >= 4 is 22.9 Å². The number of carbonyl (C=O) groups is 1. The molecule has 2 heterocycles. The van der Waals surface area contributed by atoms with Gasteiger partial charge in [-0.3, -0.25) is 4.79 Å². The van der Waals surface area contributed by atoms with Crippen molar-refractivity contribution in [2.45, 2.75) is 25.8 Å². The standard InChI is InChI=1S/C17H21N3OS/c1-13-16(22-12-18-13)17(21)20-10-8-15(9-11-20)19(2)14-6-4-3-5-7-14/h3-7,12,15H,8-11H2,1-2H3. The Morgan fingerprint density at radius 2 is 1.95 bits per heavy atom. The average Bonchev–Trinajstić information content (AvgIpc) is 3.00. The monoisotopic (exact) mass is 315 g/mol. The fourth-order valence-corrected chi connectivity index (χ4v) is 3.75. The first-order valence-electron chi connectivity index (χ1n) is 7.64. The molecule has 0 aliphatic carbocycles. The number of rotatable bonds is 3. The summed E-state index contributed by atoms with van der Waals surface area (Å²) in [5.41, 5.74) is 3.84. The second kappa shape index (κ2) is 6.48. The predicted molar refractivity (Wildman–Crippen MR) is 90.6 cm³/mol. The molecule has 1 aliphatic heterocycles. The molecular formula is C17H21N3OS. The molecule has 2 aromatic rings. The van der Waals surface area contributed by atoms with Crippen LogP contribution >= 0.6 is 11.3 Å². The summed E-state index contributed by atoms with van der Waals surface area (Å²) in [6, 6.07) is 10.9. The summed E-state index contributed by atoms with van der Waals surface area (Å²) in [4.78, 5) is 21.8. The first-order valence-corrected chi connectivity index (χ1v) is 8.52. The van der Waals surface area contributed by atoms with Crippen LogP contribution in [0.2, 0.25) is 0 Å². The van der Waals surface area contributed by atoms with Gasteiger partial charge in [-0.1, -0.05) is 18.2 Å². The molecule has 0 unspecified atom stereocenters. The molecule has 3 rings (SSSR count). The fourth-order valence-electron chi connectivity index (χ4n) is 2.98. The molecule has 1 aromatic carbocycles. The second-order valence-corrected chi connectivity index (χ2v) is 6.59. The molecule has 0 saturated carbocycles. The van der Waals surface area contributed by atoms with Crippen LogP contribution in [0.3, 0.4) is 0 Å². The van der Waals surface area contributed by atoms with Gasteiger partial charge in [0.1, 0.15) is 4.88 Å². The number of benzene rings is 1. The molecule has 1 aromatic heterocycles. The van der Waals surface area contributed by atoms with Crippen molar-refractivity contribution in [3.05, 3.63) is 46.4 Å². The summed E-state index contributed by atoms with van der Waals surface area (Å²) in [7, 11) is 2.14. The van der Waals surface area contributed by atoms with E-state index in [1.54, 1.807) is 5.51 Å². The van der Waals surface area contributed by atoms with E-state index in [2.05, 4.69) is 41.2 Å². The lowest BCUT2D eigenvalue weighted by atomic mass is 10.0. The molecule has 116 valence electrons. The largest absolute Gasteiger partial charge is 0.371 e. The zero-order chi connectivity index (χ0) is 15.5. The van der Waals surface area contributed by atoms with Gasteiger partial charge >= 0.3 is 0 Å². The first kappa shape index (κ1) is 15.0. The van der Waals surface area contributed by atoms with Crippen molar-refractivity contribution in [3.8, 4) is 0 Å². The predicted octanol–water partition coefficient (Wildman–Crippen LogP) is 3.19. The van der Waals surface area contributed by atoms with E-state index in [4.69, 9.17) is 0 Å². The third kappa shape index (κ3) is 2.99. The van der Waals surface area contributed by atoms with Gasteiger partial charge in [0.15, 0.2) is 0 Å². The van der Waals surface area contributed by atoms with Crippen molar-refractivity contribution < 1.29 is 4.79 Å². The van der Waals surface area contributed by atoms with Crippen LogP contribution in [0.4, 0.5) is 5.69 Å². The van der Waals surface area contributed by atoms with Crippen molar-refractivity contribution in [1.82, 2.24) is 9.88 Å². The first-order chi connectivity index (χ1) is 10.7. The van der Waals surface area contributed by atoms with Crippen LogP contribution in [0.25, 0.3) is 0 Å². The number of para-hydroxylation sites is 1. The maximum absolute atomic E-state index is 12.5. The number of piperidine rings is 1. The second-order valence-electron chi connectivity index (χ2n) is 5.74. The Labute approximate surface area is 135 Å². The summed E-state index contributed by atoms with van der Waals surface area (Å²) in [5.74, 6) is 0.140. The molecule has 1 aliphatic rings. The molecule has 0 N–H and O–H groups in total. The van der Waals surface area contributed by atoms with Crippen molar-refractivity contribution in [1.29, 1.82) is 0 Å². The number of amides is 1. The topological polar surface area (TPSA) is 36.4 Å². The molecule has 22 heavy (non-hydrogen) atoms. The summed E-state index contributed by atoms with van der Waals surface area (Å²) in [5, 5.41) is 0. The summed E-state index contributed by atoms with van der Waals surface area (Å²) < 4.78 is 0. The average molecular weight is 315 g/mol. The Morgan fingerprint density at radius 1 is 1.27 bits per heavy atom. The van der Waals surface area contributed by atoms with E-state index in [-0.39, 0.29) is 5.91 Å². The highest BCUT2D eigenvalue weighted by Crippen LogP contribution is 2.24. The van der Waals surface area contributed by atoms with Gasteiger partial charge in [-0.2, -0.15) is 0 Å². The third-order valence-electron chi connectivity index (χ3n) is 4.40. The number of aromatic nitrogens is 1. The highest BCUT2D eigenvalue weighted by Gasteiger charge is 2.27. The molecule has 1 fully saturated rings. The van der Waals surface area contributed by atoms with Gasteiger partial charge in [0.05, 0.1) is 11.2 Å². The maximum Gasteiger partial charge on any atom is 0.265 e. The van der Waals surface area contributed by atoms with E-state index in [1.807, 2.05) is 17.9 Å². The van der Waals surface area contributed by atoms with Gasteiger partial charge in [0.25, 0.3) is 5.91 Å². The van der Waals surface area contributed by atoms with Crippen LogP contribution in [0.5, 0.6) is 0 Å². The van der Waals surface area contributed by atoms with Gasteiger partial charge in [-0.05, 0) is 31.9 Å². The highest BCUT2D eigenvalue weighted by atomic mass is 32.1. The van der Waals surface area contributed by atoms with Gasteiger partial charge in [-0.15, -0.1) is 11.3 Å². The van der Waals surface area contributed by atoms with Gasteiger partial charge < -0.3 is 9.80 Å². The van der Waals surface area contributed by atoms with Crippen LogP contribution < -0.4 is 4.90 Å². The number of likely N-dealkylation sites (tertiary alicyclic amines) is 1. The number of hydrogen-bond donors (Lipinski definition) is 0. The van der Waals surface area contributed by atoms with Crippen molar-refractivity contribution in [3.63, 3.8) is 0 Å². The zero-order valence-corrected chi connectivity index (χ0v) is 13.8. The van der Waals surface area contributed by atoms with E-state index < -0.39 is 0 Å². The van der Waals surface area contributed by atoms with E-state index >= 15 is 0 Å². The number of aryl methyl sites for hydroxylation is 1. The Balaban J connectivity index is 1.61. The smallest absolute Gasteiger partial charge is 0.265 e. The molecular weight excluding hydrogens is 294 g/mol. The Hall–Kier alpha value is -1.88. The van der Waals surface area contributed by atoms with Gasteiger partial charge in [0, 0.05) is 31.9 Å². The Kier molecular flexibility index (Phi) is 4.43. The van der Waals surface area contributed by atoms with Crippen molar-refractivity contribution in [2.24, 2.45) is 0 Å². The van der Waals surface area contributed by atoms with Crippen LogP contribution in [0, 0.1) is 6.92 Å². The van der Waals surface area contributed by atoms with Crippen molar-refractivity contribution in [2.75, 3.05) is 25.0 Å². The molecule has 0 spiro atoms. The van der Waals surface area contributed by atoms with Crippen LogP contribution in [-0.4, -0.2) is 42.0 Å². The number of carbonyl (C=O) groups excluding carboxylic acids is 1. The summed E-state index contributed by atoms with van der Waals surface area (Å²) in [6.45, 7) is 3.54. The van der Waals surface area contributed by atoms with Gasteiger partial charge in [-0.25, -0.2) is 4.98 Å². The van der Waals surface area contributed by atoms with E-state index in [1.165, 1.54) is 17.0 Å². The van der Waals surface area contributed by atoms with Crippen LogP contribution in [-0.2, 0) is 0 Å². The lowest BCUT2D eigenvalue weighted by Gasteiger charge is -2.37. The quantitative estimate of drug-likeness (QED) is 0.873. The van der Waals surface area contributed by atoms with E-state index in [0.717, 1.165) is 36.5 Å². The summed E-state index contributed by atoms with van der Waals surface area (Å²) >= 11 is 1.44. The molecule has 0 atom stereocenters. The molecule has 0 bridgehead atoms. The Bertz CT molecular complexity index is 632. The normalized spacial score (nSPS) is 15.8. The fraction of sp³-hybridized carbons (Fsp3) is 0.412. The number of anilines is 1. The minimum Gasteiger partial charge on any atom is -0.371 e. The number of nitrogens with zero attached hydrogens (tertiary/aromatic N) is 3. The third-order valence-corrected chi connectivity index (χ3v) is 5.32. The summed E-state index contributed by atoms with van der Waals surface area (Å²) in [6.07, 6.45) is 2.02. The number of hydrogen-bond acceptors (Lipinski definition) is 4. The maximum atomic E-state index is 12.5. The van der Waals surface area contributed by atoms with Crippen LogP contribution in [0.15, 0.2) is 35.8 Å². The SMILES string of the molecule is Cc1ncsc1C(=O)N1CCC(N(C)c2ccccc2)CC1. The minimum atomic E-state index is 0.140. The van der Waals surface area contributed by atoms with Crippen LogP contribution in [0.1, 0.15) is 28.2 Å².